The third-order valence-corrected chi connectivity index (χ3v) is 2.88. The lowest BCUT2D eigenvalue weighted by Crippen LogP contribution is -2.37. The van der Waals surface area contributed by atoms with Gasteiger partial charge in [0, 0.05) is 33.9 Å². The van der Waals surface area contributed by atoms with Crippen molar-refractivity contribution in [1.29, 1.82) is 0 Å². The van der Waals surface area contributed by atoms with Gasteiger partial charge in [-0.3, -0.25) is 4.90 Å². The summed E-state index contributed by atoms with van der Waals surface area (Å²) in [6.07, 6.45) is 1.19. The number of nitrogens with zero attached hydrogens (tertiary/aromatic N) is 1. The first kappa shape index (κ1) is 16.8. The van der Waals surface area contributed by atoms with E-state index < -0.39 is 0 Å². The van der Waals surface area contributed by atoms with E-state index in [4.69, 9.17) is 15.2 Å². The van der Waals surface area contributed by atoms with E-state index in [9.17, 15) is 0 Å². The molecule has 4 nitrogen and oxygen atoms in total. The highest BCUT2D eigenvalue weighted by Crippen LogP contribution is 2.12. The maximum atomic E-state index is 5.84. The van der Waals surface area contributed by atoms with E-state index in [2.05, 4.69) is 18.7 Å². The van der Waals surface area contributed by atoms with Crippen molar-refractivity contribution in [2.75, 3.05) is 53.6 Å². The number of hydrogen-bond acceptors (Lipinski definition) is 4. The monoisotopic (exact) mass is 246 g/mol. The third-order valence-electron chi connectivity index (χ3n) is 2.88. The number of ether oxygens (including phenoxy) is 2. The van der Waals surface area contributed by atoms with Crippen LogP contribution in [0.4, 0.5) is 0 Å². The lowest BCUT2D eigenvalue weighted by atomic mass is 9.96. The molecule has 0 radical (unpaired) electrons. The zero-order chi connectivity index (χ0) is 13.1. The molecule has 2 N–H and O–H groups in total. The Morgan fingerprint density at radius 2 is 1.59 bits per heavy atom. The van der Waals surface area contributed by atoms with Crippen LogP contribution < -0.4 is 5.73 Å². The molecular weight excluding hydrogens is 216 g/mol. The van der Waals surface area contributed by atoms with Crippen LogP contribution in [0, 0.1) is 11.8 Å². The van der Waals surface area contributed by atoms with Crippen molar-refractivity contribution in [3.63, 3.8) is 0 Å². The highest BCUT2D eigenvalue weighted by Gasteiger charge is 2.14. The summed E-state index contributed by atoms with van der Waals surface area (Å²) >= 11 is 0. The van der Waals surface area contributed by atoms with Crippen molar-refractivity contribution >= 4 is 0 Å². The molecule has 0 aromatic rings. The molecule has 0 rings (SSSR count). The van der Waals surface area contributed by atoms with Crippen LogP contribution in [0.2, 0.25) is 0 Å². The summed E-state index contributed by atoms with van der Waals surface area (Å²) in [5.41, 5.74) is 5.84. The number of methoxy groups -OCH3 is 2. The maximum Gasteiger partial charge on any atom is 0.0589 e. The van der Waals surface area contributed by atoms with Gasteiger partial charge in [-0.05, 0) is 24.8 Å². The fourth-order valence-corrected chi connectivity index (χ4v) is 2.01. The fourth-order valence-electron chi connectivity index (χ4n) is 2.01. The summed E-state index contributed by atoms with van der Waals surface area (Å²) in [6, 6.07) is 0. The van der Waals surface area contributed by atoms with E-state index >= 15 is 0 Å². The van der Waals surface area contributed by atoms with Gasteiger partial charge in [0.25, 0.3) is 0 Å². The van der Waals surface area contributed by atoms with E-state index in [1.165, 1.54) is 6.42 Å². The van der Waals surface area contributed by atoms with Crippen molar-refractivity contribution < 1.29 is 9.47 Å². The molecule has 0 aromatic heterocycles. The van der Waals surface area contributed by atoms with Gasteiger partial charge in [0.05, 0.1) is 13.2 Å². The van der Waals surface area contributed by atoms with E-state index in [1.807, 2.05) is 0 Å². The molecular formula is C13H30N2O2. The normalized spacial score (nSPS) is 13.6. The molecule has 0 aliphatic carbocycles. The fraction of sp³-hybridized carbons (Fsp3) is 1.00. The number of hydrogen-bond donors (Lipinski definition) is 1. The van der Waals surface area contributed by atoms with Crippen LogP contribution in [0.15, 0.2) is 0 Å². The van der Waals surface area contributed by atoms with E-state index in [-0.39, 0.29) is 0 Å². The minimum absolute atomic E-state index is 0.573. The Bertz CT molecular complexity index is 157. The lowest BCUT2D eigenvalue weighted by molar-refractivity contribution is 0.102. The van der Waals surface area contributed by atoms with Gasteiger partial charge in [0.1, 0.15) is 0 Å². The molecule has 0 saturated carbocycles. The predicted octanol–water partition coefficient (Wildman–Crippen LogP) is 1.20. The van der Waals surface area contributed by atoms with Crippen molar-refractivity contribution in [3.8, 4) is 0 Å². The first-order valence-corrected chi connectivity index (χ1v) is 6.54. The lowest BCUT2D eigenvalue weighted by Gasteiger charge is -2.27. The van der Waals surface area contributed by atoms with Crippen LogP contribution in [0.3, 0.4) is 0 Å². The summed E-state index contributed by atoms with van der Waals surface area (Å²) in [5, 5.41) is 0. The molecule has 1 atom stereocenters. The van der Waals surface area contributed by atoms with Crippen LogP contribution in [-0.2, 0) is 9.47 Å². The number of rotatable bonds is 11. The average molecular weight is 246 g/mol. The number of nitrogens with two attached hydrogens (primary N) is 1. The first-order chi connectivity index (χ1) is 8.13. The SMILES string of the molecule is COCCN(CCOC)CC(CN)CC(C)C. The molecule has 0 heterocycles. The van der Waals surface area contributed by atoms with Crippen LogP contribution >= 0.6 is 0 Å². The van der Waals surface area contributed by atoms with E-state index in [1.54, 1.807) is 14.2 Å². The summed E-state index contributed by atoms with van der Waals surface area (Å²) in [6.45, 7) is 9.74. The average Bonchev–Trinajstić information content (AvgIpc) is 2.30. The predicted molar refractivity (Wildman–Crippen MR) is 72.2 cm³/mol. The van der Waals surface area contributed by atoms with Crippen LogP contribution in [0.25, 0.3) is 0 Å². The highest BCUT2D eigenvalue weighted by atomic mass is 16.5. The molecule has 0 amide bonds. The van der Waals surface area contributed by atoms with Gasteiger partial charge in [0.15, 0.2) is 0 Å². The molecule has 17 heavy (non-hydrogen) atoms. The summed E-state index contributed by atoms with van der Waals surface area (Å²) < 4.78 is 10.3. The Kier molecular flexibility index (Phi) is 10.9. The standard InChI is InChI=1S/C13H30N2O2/c1-12(2)9-13(10-14)11-15(5-7-16-3)6-8-17-4/h12-13H,5-11,14H2,1-4H3. The molecule has 1 unspecified atom stereocenters. The quantitative estimate of drug-likeness (QED) is 0.595. The van der Waals surface area contributed by atoms with Gasteiger partial charge < -0.3 is 15.2 Å². The van der Waals surface area contributed by atoms with Gasteiger partial charge >= 0.3 is 0 Å². The van der Waals surface area contributed by atoms with Gasteiger partial charge in [-0.2, -0.15) is 0 Å². The minimum atomic E-state index is 0.573. The maximum absolute atomic E-state index is 5.84. The molecule has 0 aliphatic rings. The second-order valence-electron chi connectivity index (χ2n) is 5.02. The summed E-state index contributed by atoms with van der Waals surface area (Å²) in [7, 11) is 3.48. The Morgan fingerprint density at radius 3 is 1.94 bits per heavy atom. The topological polar surface area (TPSA) is 47.7 Å². The Morgan fingerprint density at radius 1 is 1.06 bits per heavy atom. The molecule has 0 spiro atoms. The Balaban J connectivity index is 4.06. The van der Waals surface area contributed by atoms with Gasteiger partial charge in [-0.15, -0.1) is 0 Å². The summed E-state index contributed by atoms with van der Waals surface area (Å²) in [4.78, 5) is 2.38. The van der Waals surface area contributed by atoms with Crippen LogP contribution in [0.5, 0.6) is 0 Å². The first-order valence-electron chi connectivity index (χ1n) is 6.54. The van der Waals surface area contributed by atoms with Crippen LogP contribution in [-0.4, -0.2) is 58.5 Å². The van der Waals surface area contributed by atoms with Crippen molar-refractivity contribution in [3.05, 3.63) is 0 Å². The van der Waals surface area contributed by atoms with Crippen molar-refractivity contribution in [2.45, 2.75) is 20.3 Å². The van der Waals surface area contributed by atoms with Gasteiger partial charge in [0.2, 0.25) is 0 Å². The van der Waals surface area contributed by atoms with Crippen LogP contribution in [0.1, 0.15) is 20.3 Å². The molecule has 104 valence electrons. The third kappa shape index (κ3) is 9.53. The van der Waals surface area contributed by atoms with Gasteiger partial charge in [-0.1, -0.05) is 13.8 Å². The second kappa shape index (κ2) is 11.0. The zero-order valence-corrected chi connectivity index (χ0v) is 11.9. The Hall–Kier alpha value is -0.160. The van der Waals surface area contributed by atoms with Crippen molar-refractivity contribution in [1.82, 2.24) is 4.90 Å². The largest absolute Gasteiger partial charge is 0.383 e. The molecule has 0 fully saturated rings. The molecule has 0 bridgehead atoms. The van der Waals surface area contributed by atoms with Gasteiger partial charge in [-0.25, -0.2) is 0 Å². The molecule has 0 saturated heterocycles. The summed E-state index contributed by atoms with van der Waals surface area (Å²) in [5.74, 6) is 1.28. The highest BCUT2D eigenvalue weighted by molar-refractivity contribution is 4.68. The van der Waals surface area contributed by atoms with E-state index in [0.29, 0.717) is 11.8 Å². The van der Waals surface area contributed by atoms with E-state index in [0.717, 1.165) is 39.4 Å². The molecule has 0 aromatic carbocycles. The zero-order valence-electron chi connectivity index (χ0n) is 11.9. The van der Waals surface area contributed by atoms with Crippen molar-refractivity contribution in [2.24, 2.45) is 17.6 Å². The Labute approximate surface area is 106 Å². The molecule has 0 aliphatic heterocycles. The molecule has 4 heteroatoms. The second-order valence-corrected chi connectivity index (χ2v) is 5.02. The smallest absolute Gasteiger partial charge is 0.0589 e. The minimum Gasteiger partial charge on any atom is -0.383 e.